The Morgan fingerprint density at radius 2 is 1.89 bits per heavy atom. The van der Waals surface area contributed by atoms with E-state index < -0.39 is 0 Å². The molecule has 0 fully saturated rings. The summed E-state index contributed by atoms with van der Waals surface area (Å²) in [6.45, 7) is 6.02. The maximum atomic E-state index is 10.0. The first-order valence-electron chi connectivity index (χ1n) is 6.66. The molecule has 19 heavy (non-hydrogen) atoms. The van der Waals surface area contributed by atoms with Crippen LogP contribution in [-0.2, 0) is 13.2 Å². The second kappa shape index (κ2) is 6.84. The molecule has 0 saturated heterocycles. The molecule has 5 heteroatoms. The largest absolute Gasteiger partial charge is 0.506 e. The van der Waals surface area contributed by atoms with Crippen molar-refractivity contribution in [2.75, 3.05) is 6.61 Å². The molecule has 1 heterocycles. The van der Waals surface area contributed by atoms with Crippen molar-refractivity contribution in [2.24, 2.45) is 0 Å². The zero-order chi connectivity index (χ0) is 14.5. The predicted molar refractivity (Wildman–Crippen MR) is 73.8 cm³/mol. The number of nitrogens with zero attached hydrogens (tertiary/aromatic N) is 1. The number of aromatic nitrogens is 1. The minimum atomic E-state index is -0.351. The van der Waals surface area contributed by atoms with E-state index in [1.165, 1.54) is 0 Å². The number of rotatable bonds is 7. The van der Waals surface area contributed by atoms with Gasteiger partial charge in [-0.25, -0.2) is 0 Å². The molecule has 0 atom stereocenters. The summed E-state index contributed by atoms with van der Waals surface area (Å²) in [5, 5.41) is 32.2. The fraction of sp³-hybridized carbons (Fsp3) is 0.643. The number of aryl methyl sites for hydroxylation is 1. The summed E-state index contributed by atoms with van der Waals surface area (Å²) >= 11 is 0. The highest BCUT2D eigenvalue weighted by Crippen LogP contribution is 2.25. The van der Waals surface area contributed by atoms with Gasteiger partial charge in [-0.1, -0.05) is 13.8 Å². The lowest BCUT2D eigenvalue weighted by molar-refractivity contribution is 0.149. The first kappa shape index (κ1) is 15.9. The first-order valence-corrected chi connectivity index (χ1v) is 6.66. The van der Waals surface area contributed by atoms with Crippen molar-refractivity contribution in [1.82, 2.24) is 10.3 Å². The van der Waals surface area contributed by atoms with Crippen LogP contribution in [0.25, 0.3) is 0 Å². The summed E-state index contributed by atoms with van der Waals surface area (Å²) in [7, 11) is 0. The topological polar surface area (TPSA) is 85.6 Å². The van der Waals surface area contributed by atoms with Crippen LogP contribution in [0, 0.1) is 6.92 Å². The summed E-state index contributed by atoms with van der Waals surface area (Å²) in [6, 6.07) is 0. The van der Waals surface area contributed by atoms with Crippen LogP contribution in [0.4, 0.5) is 0 Å². The Morgan fingerprint density at radius 1 is 1.26 bits per heavy atom. The number of nitrogens with one attached hydrogen (secondary N) is 1. The fourth-order valence-electron chi connectivity index (χ4n) is 2.07. The highest BCUT2D eigenvalue weighted by atomic mass is 16.3. The maximum absolute atomic E-state index is 10.0. The van der Waals surface area contributed by atoms with Crippen LogP contribution in [0.15, 0.2) is 6.20 Å². The van der Waals surface area contributed by atoms with Gasteiger partial charge >= 0.3 is 0 Å². The third-order valence-electron chi connectivity index (χ3n) is 3.90. The molecule has 1 rings (SSSR count). The summed E-state index contributed by atoms with van der Waals surface area (Å²) in [5.74, 6) is 0.109. The second-order valence-corrected chi connectivity index (χ2v) is 4.85. The molecule has 0 aliphatic rings. The quantitative estimate of drug-likeness (QED) is 0.597. The smallest absolute Gasteiger partial charge is 0.141 e. The van der Waals surface area contributed by atoms with E-state index in [-0.39, 0.29) is 24.5 Å². The fourth-order valence-corrected chi connectivity index (χ4v) is 2.07. The number of pyridine rings is 1. The van der Waals surface area contributed by atoms with Crippen molar-refractivity contribution >= 4 is 0 Å². The van der Waals surface area contributed by atoms with E-state index in [2.05, 4.69) is 10.3 Å². The summed E-state index contributed by atoms with van der Waals surface area (Å²) < 4.78 is 0. The van der Waals surface area contributed by atoms with Gasteiger partial charge in [0.15, 0.2) is 0 Å². The molecule has 5 nitrogen and oxygen atoms in total. The van der Waals surface area contributed by atoms with E-state index in [1.807, 2.05) is 13.8 Å². The molecule has 1 aromatic rings. The molecule has 0 unspecified atom stereocenters. The minimum absolute atomic E-state index is 0.0410. The molecule has 0 radical (unpaired) electrons. The molecule has 0 spiro atoms. The van der Waals surface area contributed by atoms with Crippen molar-refractivity contribution in [3.8, 4) is 5.75 Å². The summed E-state index contributed by atoms with van der Waals surface area (Å²) in [6.07, 6.45) is 3.16. The number of hydrogen-bond donors (Lipinski definition) is 4. The summed E-state index contributed by atoms with van der Waals surface area (Å²) in [5.41, 5.74) is 1.44. The molecule has 0 aliphatic heterocycles. The molecule has 0 bridgehead atoms. The van der Waals surface area contributed by atoms with Gasteiger partial charge in [0, 0.05) is 29.4 Å². The van der Waals surface area contributed by atoms with E-state index in [1.54, 1.807) is 13.1 Å². The van der Waals surface area contributed by atoms with Gasteiger partial charge in [-0.05, 0) is 19.8 Å². The van der Waals surface area contributed by atoms with Gasteiger partial charge in [0.05, 0.1) is 18.9 Å². The zero-order valence-electron chi connectivity index (χ0n) is 11.9. The second-order valence-electron chi connectivity index (χ2n) is 4.85. The highest BCUT2D eigenvalue weighted by Gasteiger charge is 2.25. The van der Waals surface area contributed by atoms with Crippen molar-refractivity contribution in [2.45, 2.75) is 52.3 Å². The number of aliphatic hydroxyl groups excluding tert-OH is 2. The Labute approximate surface area is 114 Å². The molecule has 0 aromatic carbocycles. The Kier molecular flexibility index (Phi) is 5.72. The molecular formula is C14H24N2O3. The number of hydrogen-bond acceptors (Lipinski definition) is 5. The SMILES string of the molecule is CCC(CC)(CO)NCc1c(CO)cnc(C)c1O. The Balaban J connectivity index is 2.96. The van der Waals surface area contributed by atoms with Crippen molar-refractivity contribution < 1.29 is 15.3 Å². The van der Waals surface area contributed by atoms with Crippen LogP contribution in [-0.4, -0.2) is 32.4 Å². The third kappa shape index (κ3) is 3.43. The lowest BCUT2D eigenvalue weighted by Gasteiger charge is -2.31. The average Bonchev–Trinajstić information content (AvgIpc) is 2.45. The minimum Gasteiger partial charge on any atom is -0.506 e. The number of aliphatic hydroxyl groups is 2. The monoisotopic (exact) mass is 268 g/mol. The lowest BCUT2D eigenvalue weighted by atomic mass is 9.93. The van der Waals surface area contributed by atoms with Crippen LogP contribution in [0.1, 0.15) is 43.5 Å². The van der Waals surface area contributed by atoms with Crippen LogP contribution in [0.5, 0.6) is 5.75 Å². The van der Waals surface area contributed by atoms with Crippen LogP contribution < -0.4 is 5.32 Å². The molecule has 108 valence electrons. The van der Waals surface area contributed by atoms with Crippen LogP contribution in [0.2, 0.25) is 0 Å². The third-order valence-corrected chi connectivity index (χ3v) is 3.90. The van der Waals surface area contributed by atoms with Crippen molar-refractivity contribution in [3.63, 3.8) is 0 Å². The highest BCUT2D eigenvalue weighted by molar-refractivity contribution is 5.40. The normalized spacial score (nSPS) is 11.8. The van der Waals surface area contributed by atoms with Crippen LogP contribution in [0.3, 0.4) is 0 Å². The number of aromatic hydroxyl groups is 1. The molecule has 1 aromatic heterocycles. The molecule has 0 saturated carbocycles. The van der Waals surface area contributed by atoms with E-state index in [0.717, 1.165) is 12.8 Å². The maximum Gasteiger partial charge on any atom is 0.141 e. The van der Waals surface area contributed by atoms with Gasteiger partial charge in [0.2, 0.25) is 0 Å². The predicted octanol–water partition coefficient (Wildman–Crippen LogP) is 1.23. The average molecular weight is 268 g/mol. The zero-order valence-corrected chi connectivity index (χ0v) is 11.9. The molecule has 4 N–H and O–H groups in total. The van der Waals surface area contributed by atoms with Crippen molar-refractivity contribution in [3.05, 3.63) is 23.0 Å². The van der Waals surface area contributed by atoms with Crippen molar-refractivity contribution in [1.29, 1.82) is 0 Å². The standard InChI is InChI=1S/C14H24N2O3/c1-4-14(5-2,9-18)16-7-12-11(8-17)6-15-10(3)13(12)19/h6,16-19H,4-5,7-9H2,1-3H3. The van der Waals surface area contributed by atoms with Gasteiger partial charge in [0.25, 0.3) is 0 Å². The van der Waals surface area contributed by atoms with Gasteiger partial charge in [-0.2, -0.15) is 0 Å². The van der Waals surface area contributed by atoms with E-state index in [4.69, 9.17) is 0 Å². The van der Waals surface area contributed by atoms with Gasteiger partial charge in [-0.3, -0.25) is 4.98 Å². The van der Waals surface area contributed by atoms with E-state index >= 15 is 0 Å². The summed E-state index contributed by atoms with van der Waals surface area (Å²) in [4.78, 5) is 4.03. The molecule has 0 amide bonds. The van der Waals surface area contributed by atoms with Gasteiger partial charge in [0.1, 0.15) is 5.75 Å². The lowest BCUT2D eigenvalue weighted by Crippen LogP contribution is -2.47. The van der Waals surface area contributed by atoms with Crippen LogP contribution >= 0.6 is 0 Å². The first-order chi connectivity index (χ1) is 9.03. The van der Waals surface area contributed by atoms with E-state index in [0.29, 0.717) is 23.4 Å². The Hall–Kier alpha value is -1.17. The van der Waals surface area contributed by atoms with Gasteiger partial charge in [-0.15, -0.1) is 0 Å². The Bertz CT molecular complexity index is 409. The van der Waals surface area contributed by atoms with Gasteiger partial charge < -0.3 is 20.6 Å². The molecule has 0 aliphatic carbocycles. The van der Waals surface area contributed by atoms with E-state index in [9.17, 15) is 15.3 Å². The molecular weight excluding hydrogens is 244 g/mol. The Morgan fingerprint density at radius 3 is 2.37 bits per heavy atom.